The Morgan fingerprint density at radius 1 is 1.17 bits per heavy atom. The molecular formula is C13H20O4S. The molecule has 1 aromatic carbocycles. The number of hydrogen-bond donors (Lipinski definition) is 0. The van der Waals surface area contributed by atoms with Crippen molar-refractivity contribution in [3.63, 3.8) is 0 Å². The zero-order chi connectivity index (χ0) is 13.8. The van der Waals surface area contributed by atoms with Crippen LogP contribution in [0.5, 0.6) is 0 Å². The van der Waals surface area contributed by atoms with Crippen molar-refractivity contribution in [1.82, 2.24) is 0 Å². The molecular weight excluding hydrogens is 252 g/mol. The Kier molecular flexibility index (Phi) is 4.90. The summed E-state index contributed by atoms with van der Waals surface area (Å²) in [5, 5.41) is 0. The van der Waals surface area contributed by atoms with Crippen LogP contribution < -0.4 is 0 Å². The highest BCUT2D eigenvalue weighted by Gasteiger charge is 2.23. The van der Waals surface area contributed by atoms with Gasteiger partial charge in [-0.15, -0.1) is 0 Å². The zero-order valence-electron chi connectivity index (χ0n) is 11.3. The van der Waals surface area contributed by atoms with Gasteiger partial charge in [0.25, 0.3) is 10.1 Å². The first-order chi connectivity index (χ1) is 8.27. The van der Waals surface area contributed by atoms with Crippen molar-refractivity contribution in [3.05, 3.63) is 29.8 Å². The van der Waals surface area contributed by atoms with Gasteiger partial charge in [0.05, 0.1) is 17.1 Å². The van der Waals surface area contributed by atoms with E-state index in [-0.39, 0.29) is 11.5 Å². The summed E-state index contributed by atoms with van der Waals surface area (Å²) in [7, 11) is -3.71. The Hall–Kier alpha value is -0.910. The minimum absolute atomic E-state index is 0.00293. The third kappa shape index (κ3) is 4.40. The predicted octanol–water partition coefficient (Wildman–Crippen LogP) is 2.52. The molecule has 0 spiro atoms. The molecule has 0 radical (unpaired) electrons. The molecule has 0 aliphatic heterocycles. The van der Waals surface area contributed by atoms with E-state index in [4.69, 9.17) is 8.92 Å². The Bertz CT molecular complexity index is 474. The third-order valence-electron chi connectivity index (χ3n) is 2.41. The standard InChI is InChI=1S/C13H20O4S/c1-5-16-13(3,4)10-17-18(14,15)12-8-6-11(2)7-9-12/h6-9H,5,10H2,1-4H3. The summed E-state index contributed by atoms with van der Waals surface area (Å²) in [6.07, 6.45) is 0. The van der Waals surface area contributed by atoms with Gasteiger partial charge >= 0.3 is 0 Å². The van der Waals surface area contributed by atoms with Crippen LogP contribution >= 0.6 is 0 Å². The average Bonchev–Trinajstić information content (AvgIpc) is 2.27. The van der Waals surface area contributed by atoms with Crippen molar-refractivity contribution in [2.75, 3.05) is 13.2 Å². The van der Waals surface area contributed by atoms with Crippen LogP contribution in [0.3, 0.4) is 0 Å². The largest absolute Gasteiger partial charge is 0.373 e. The van der Waals surface area contributed by atoms with E-state index >= 15 is 0 Å². The molecule has 0 aromatic heterocycles. The number of rotatable bonds is 6. The second kappa shape index (κ2) is 5.82. The summed E-state index contributed by atoms with van der Waals surface area (Å²) in [6, 6.07) is 6.56. The van der Waals surface area contributed by atoms with Gasteiger partial charge in [0.15, 0.2) is 0 Å². The molecule has 1 aromatic rings. The van der Waals surface area contributed by atoms with Crippen molar-refractivity contribution in [3.8, 4) is 0 Å². The lowest BCUT2D eigenvalue weighted by atomic mass is 10.2. The fourth-order valence-corrected chi connectivity index (χ4v) is 2.47. The molecule has 1 rings (SSSR count). The van der Waals surface area contributed by atoms with Crippen LogP contribution in [0.15, 0.2) is 29.2 Å². The second-order valence-electron chi connectivity index (χ2n) is 4.72. The molecule has 0 amide bonds. The molecule has 0 atom stereocenters. The van der Waals surface area contributed by atoms with E-state index in [9.17, 15) is 8.42 Å². The van der Waals surface area contributed by atoms with Crippen molar-refractivity contribution in [1.29, 1.82) is 0 Å². The number of ether oxygens (including phenoxy) is 1. The number of aryl methyl sites for hydroxylation is 1. The van der Waals surface area contributed by atoms with E-state index in [2.05, 4.69) is 0 Å². The Labute approximate surface area is 109 Å². The van der Waals surface area contributed by atoms with Crippen LogP contribution in [0.25, 0.3) is 0 Å². The maximum Gasteiger partial charge on any atom is 0.297 e. The highest BCUT2D eigenvalue weighted by Crippen LogP contribution is 2.17. The van der Waals surface area contributed by atoms with Gasteiger partial charge < -0.3 is 4.74 Å². The Balaban J connectivity index is 2.74. The van der Waals surface area contributed by atoms with Gasteiger partial charge in [-0.25, -0.2) is 0 Å². The van der Waals surface area contributed by atoms with E-state index in [0.29, 0.717) is 6.61 Å². The minimum atomic E-state index is -3.71. The maximum absolute atomic E-state index is 11.9. The lowest BCUT2D eigenvalue weighted by molar-refractivity contribution is -0.0394. The summed E-state index contributed by atoms with van der Waals surface area (Å²) >= 11 is 0. The van der Waals surface area contributed by atoms with Crippen LogP contribution in [-0.2, 0) is 19.0 Å². The van der Waals surface area contributed by atoms with Gasteiger partial charge in [-0.2, -0.15) is 8.42 Å². The molecule has 5 heteroatoms. The van der Waals surface area contributed by atoms with Gasteiger partial charge in [-0.05, 0) is 39.8 Å². The molecule has 0 saturated heterocycles. The normalized spacial score (nSPS) is 12.7. The van der Waals surface area contributed by atoms with Crippen molar-refractivity contribution < 1.29 is 17.3 Å². The molecule has 18 heavy (non-hydrogen) atoms. The van der Waals surface area contributed by atoms with E-state index in [1.54, 1.807) is 38.1 Å². The number of hydrogen-bond acceptors (Lipinski definition) is 4. The summed E-state index contributed by atoms with van der Waals surface area (Å²) in [5.41, 5.74) is 0.385. The summed E-state index contributed by atoms with van der Waals surface area (Å²) in [4.78, 5) is 0.167. The van der Waals surface area contributed by atoms with Gasteiger partial charge in [0, 0.05) is 6.61 Å². The summed E-state index contributed by atoms with van der Waals surface area (Å²) < 4.78 is 34.2. The van der Waals surface area contributed by atoms with Crippen LogP contribution in [0.4, 0.5) is 0 Å². The predicted molar refractivity (Wildman–Crippen MR) is 70.0 cm³/mol. The molecule has 0 bridgehead atoms. The van der Waals surface area contributed by atoms with E-state index in [1.165, 1.54) is 0 Å². The smallest absolute Gasteiger partial charge is 0.297 e. The molecule has 0 aliphatic rings. The molecule has 0 heterocycles. The average molecular weight is 272 g/mol. The highest BCUT2D eigenvalue weighted by atomic mass is 32.2. The van der Waals surface area contributed by atoms with E-state index in [1.807, 2.05) is 13.8 Å². The van der Waals surface area contributed by atoms with Crippen LogP contribution in [0, 0.1) is 6.92 Å². The lowest BCUT2D eigenvalue weighted by Crippen LogP contribution is -2.32. The third-order valence-corrected chi connectivity index (χ3v) is 3.68. The first-order valence-electron chi connectivity index (χ1n) is 5.87. The Morgan fingerprint density at radius 3 is 2.22 bits per heavy atom. The van der Waals surface area contributed by atoms with Gasteiger partial charge in [0.1, 0.15) is 0 Å². The van der Waals surface area contributed by atoms with E-state index in [0.717, 1.165) is 5.56 Å². The monoisotopic (exact) mass is 272 g/mol. The van der Waals surface area contributed by atoms with Crippen molar-refractivity contribution >= 4 is 10.1 Å². The fourth-order valence-electron chi connectivity index (χ4n) is 1.42. The van der Waals surface area contributed by atoms with Gasteiger partial charge in [-0.3, -0.25) is 4.18 Å². The molecule has 4 nitrogen and oxygen atoms in total. The SMILES string of the molecule is CCOC(C)(C)COS(=O)(=O)c1ccc(C)cc1. The topological polar surface area (TPSA) is 52.6 Å². The lowest BCUT2D eigenvalue weighted by Gasteiger charge is -2.23. The van der Waals surface area contributed by atoms with Crippen molar-refractivity contribution in [2.24, 2.45) is 0 Å². The van der Waals surface area contributed by atoms with Gasteiger partial charge in [0.2, 0.25) is 0 Å². The fraction of sp³-hybridized carbons (Fsp3) is 0.538. The summed E-state index contributed by atoms with van der Waals surface area (Å²) in [6.45, 7) is 7.85. The second-order valence-corrected chi connectivity index (χ2v) is 6.34. The molecule has 0 fully saturated rings. The number of benzene rings is 1. The Morgan fingerprint density at radius 2 is 1.72 bits per heavy atom. The molecule has 0 N–H and O–H groups in total. The molecule has 0 aliphatic carbocycles. The molecule has 0 saturated carbocycles. The quantitative estimate of drug-likeness (QED) is 0.747. The zero-order valence-corrected chi connectivity index (χ0v) is 12.1. The van der Waals surface area contributed by atoms with Crippen LogP contribution in [0.1, 0.15) is 26.3 Å². The molecule has 102 valence electrons. The van der Waals surface area contributed by atoms with E-state index < -0.39 is 15.7 Å². The first-order valence-corrected chi connectivity index (χ1v) is 7.28. The minimum Gasteiger partial charge on any atom is -0.373 e. The van der Waals surface area contributed by atoms with Gasteiger partial charge in [-0.1, -0.05) is 17.7 Å². The first kappa shape index (κ1) is 15.1. The van der Waals surface area contributed by atoms with Crippen LogP contribution in [0.2, 0.25) is 0 Å². The maximum atomic E-state index is 11.9. The highest BCUT2D eigenvalue weighted by molar-refractivity contribution is 7.86. The van der Waals surface area contributed by atoms with Crippen molar-refractivity contribution in [2.45, 2.75) is 38.2 Å². The summed E-state index contributed by atoms with van der Waals surface area (Å²) in [5.74, 6) is 0. The van der Waals surface area contributed by atoms with Crippen LogP contribution in [-0.4, -0.2) is 27.2 Å². The molecule has 0 unspecified atom stereocenters.